The molecule has 0 fully saturated rings. The summed E-state index contributed by atoms with van der Waals surface area (Å²) in [6.07, 6.45) is 1.60. The summed E-state index contributed by atoms with van der Waals surface area (Å²) in [4.78, 5) is 29.8. The van der Waals surface area contributed by atoms with Gasteiger partial charge in [0.2, 0.25) is 5.82 Å². The molecule has 2 amide bonds. The van der Waals surface area contributed by atoms with Crippen LogP contribution in [0.25, 0.3) is 5.52 Å². The summed E-state index contributed by atoms with van der Waals surface area (Å²) in [5, 5.41) is 14.4. The fourth-order valence-corrected chi connectivity index (χ4v) is 2.99. The molecule has 30 heavy (non-hydrogen) atoms. The van der Waals surface area contributed by atoms with E-state index >= 15 is 0 Å². The first-order valence-corrected chi connectivity index (χ1v) is 8.91. The number of rotatable bonds is 4. The predicted molar refractivity (Wildman–Crippen MR) is 109 cm³/mol. The molecule has 4 aromatic rings. The summed E-state index contributed by atoms with van der Waals surface area (Å²) in [5.41, 5.74) is 1.33. The first kappa shape index (κ1) is 18.8. The van der Waals surface area contributed by atoms with E-state index in [2.05, 4.69) is 15.6 Å². The Morgan fingerprint density at radius 3 is 2.57 bits per heavy atom. The molecular weight excluding hydrogens is 385 g/mol. The Morgan fingerprint density at radius 2 is 1.77 bits per heavy atom. The van der Waals surface area contributed by atoms with Crippen molar-refractivity contribution in [3.63, 3.8) is 0 Å². The summed E-state index contributed by atoms with van der Waals surface area (Å²) < 4.78 is 14.9. The Bertz CT molecular complexity index is 1320. The summed E-state index contributed by atoms with van der Waals surface area (Å²) in [6.45, 7) is 0. The van der Waals surface area contributed by atoms with Crippen LogP contribution in [0.5, 0.6) is 0 Å². The van der Waals surface area contributed by atoms with Crippen LogP contribution >= 0.6 is 0 Å². The van der Waals surface area contributed by atoms with Gasteiger partial charge in [-0.1, -0.05) is 24.3 Å². The zero-order valence-corrected chi connectivity index (χ0v) is 15.5. The van der Waals surface area contributed by atoms with Crippen LogP contribution in [0, 0.1) is 17.1 Å². The SMILES string of the molecule is N#Cc1ccccc1NC(=O)c1nc(C(=O)Nc2cccc(F)c2)c2ccccn12. The lowest BCUT2D eigenvalue weighted by molar-refractivity contribution is 0.101. The van der Waals surface area contributed by atoms with Crippen molar-refractivity contribution in [2.24, 2.45) is 0 Å². The number of halogens is 1. The fourth-order valence-electron chi connectivity index (χ4n) is 2.99. The number of benzene rings is 2. The second kappa shape index (κ2) is 7.85. The van der Waals surface area contributed by atoms with Crippen molar-refractivity contribution < 1.29 is 14.0 Å². The van der Waals surface area contributed by atoms with Crippen LogP contribution in [0.4, 0.5) is 15.8 Å². The third-order valence-electron chi connectivity index (χ3n) is 4.34. The number of pyridine rings is 1. The number of hydrogen-bond acceptors (Lipinski definition) is 4. The van der Waals surface area contributed by atoms with Crippen LogP contribution in [0.1, 0.15) is 26.7 Å². The average molecular weight is 399 g/mol. The molecule has 0 radical (unpaired) electrons. The number of fused-ring (bicyclic) bond motifs is 1. The van der Waals surface area contributed by atoms with Crippen molar-refractivity contribution in [2.45, 2.75) is 0 Å². The van der Waals surface area contributed by atoms with Crippen molar-refractivity contribution in [1.82, 2.24) is 9.38 Å². The zero-order chi connectivity index (χ0) is 21.1. The van der Waals surface area contributed by atoms with Gasteiger partial charge >= 0.3 is 0 Å². The molecule has 0 unspecified atom stereocenters. The predicted octanol–water partition coefficient (Wildman–Crippen LogP) is 3.85. The van der Waals surface area contributed by atoms with Gasteiger partial charge in [0.05, 0.1) is 16.8 Å². The largest absolute Gasteiger partial charge is 0.320 e. The van der Waals surface area contributed by atoms with E-state index in [0.29, 0.717) is 16.8 Å². The second-order valence-corrected chi connectivity index (χ2v) is 6.32. The number of nitrogens with one attached hydrogen (secondary N) is 2. The smallest absolute Gasteiger partial charge is 0.292 e. The Balaban J connectivity index is 1.69. The number of amides is 2. The lowest BCUT2D eigenvalue weighted by atomic mass is 10.2. The molecule has 8 heteroatoms. The molecule has 0 saturated heterocycles. The fraction of sp³-hybridized carbons (Fsp3) is 0. The second-order valence-electron chi connectivity index (χ2n) is 6.32. The summed E-state index contributed by atoms with van der Waals surface area (Å²) in [7, 11) is 0. The molecule has 2 aromatic carbocycles. The van der Waals surface area contributed by atoms with Crippen molar-refractivity contribution in [2.75, 3.05) is 10.6 Å². The number of aromatic nitrogens is 2. The first-order chi connectivity index (χ1) is 14.6. The first-order valence-electron chi connectivity index (χ1n) is 8.91. The number of para-hydroxylation sites is 1. The van der Waals surface area contributed by atoms with Gasteiger partial charge in [0.15, 0.2) is 5.69 Å². The minimum atomic E-state index is -0.583. The molecule has 0 aliphatic rings. The van der Waals surface area contributed by atoms with Crippen LogP contribution in [0.15, 0.2) is 72.9 Å². The van der Waals surface area contributed by atoms with Crippen LogP contribution in [-0.4, -0.2) is 21.2 Å². The maximum absolute atomic E-state index is 13.4. The minimum Gasteiger partial charge on any atom is -0.320 e. The lowest BCUT2D eigenvalue weighted by Gasteiger charge is -2.05. The van der Waals surface area contributed by atoms with Crippen molar-refractivity contribution in [3.05, 3.63) is 95.8 Å². The average Bonchev–Trinajstić information content (AvgIpc) is 3.14. The van der Waals surface area contributed by atoms with E-state index in [1.54, 1.807) is 54.7 Å². The number of carbonyl (C=O) groups excluding carboxylic acids is 2. The third-order valence-corrected chi connectivity index (χ3v) is 4.34. The molecule has 0 saturated carbocycles. The summed E-state index contributed by atoms with van der Waals surface area (Å²) in [5.74, 6) is -1.68. The van der Waals surface area contributed by atoms with Crippen molar-refractivity contribution >= 4 is 28.7 Å². The van der Waals surface area contributed by atoms with Crippen LogP contribution in [0.2, 0.25) is 0 Å². The number of carbonyl (C=O) groups is 2. The molecule has 2 N–H and O–H groups in total. The Hall–Kier alpha value is -4.51. The number of nitrogens with zero attached hydrogens (tertiary/aromatic N) is 3. The highest BCUT2D eigenvalue weighted by Gasteiger charge is 2.22. The van der Waals surface area contributed by atoms with Crippen molar-refractivity contribution in [1.29, 1.82) is 5.26 Å². The number of hydrogen-bond donors (Lipinski definition) is 2. The number of nitriles is 1. The van der Waals surface area contributed by atoms with Gasteiger partial charge < -0.3 is 10.6 Å². The van der Waals surface area contributed by atoms with Gasteiger partial charge in [-0.15, -0.1) is 0 Å². The van der Waals surface area contributed by atoms with E-state index in [9.17, 15) is 19.2 Å². The van der Waals surface area contributed by atoms with Gasteiger partial charge in [-0.2, -0.15) is 5.26 Å². The van der Waals surface area contributed by atoms with E-state index in [1.165, 1.54) is 22.6 Å². The molecule has 7 nitrogen and oxygen atoms in total. The summed E-state index contributed by atoms with van der Waals surface area (Å²) >= 11 is 0. The molecule has 146 valence electrons. The topological polar surface area (TPSA) is 99.3 Å². The number of imidazole rings is 1. The lowest BCUT2D eigenvalue weighted by Crippen LogP contribution is -2.17. The zero-order valence-electron chi connectivity index (χ0n) is 15.5. The quantitative estimate of drug-likeness (QED) is 0.544. The van der Waals surface area contributed by atoms with Gasteiger partial charge in [0, 0.05) is 11.9 Å². The van der Waals surface area contributed by atoms with E-state index in [0.717, 1.165) is 0 Å². The van der Waals surface area contributed by atoms with Gasteiger partial charge in [0.25, 0.3) is 11.8 Å². The monoisotopic (exact) mass is 399 g/mol. The van der Waals surface area contributed by atoms with E-state index in [1.807, 2.05) is 6.07 Å². The van der Waals surface area contributed by atoms with Crippen molar-refractivity contribution in [3.8, 4) is 6.07 Å². The molecule has 0 atom stereocenters. The highest BCUT2D eigenvalue weighted by molar-refractivity contribution is 6.10. The maximum atomic E-state index is 13.4. The Labute approximate surface area is 170 Å². The maximum Gasteiger partial charge on any atom is 0.292 e. The minimum absolute atomic E-state index is 0.0126. The molecule has 2 heterocycles. The molecule has 0 bridgehead atoms. The highest BCUT2D eigenvalue weighted by atomic mass is 19.1. The van der Waals surface area contributed by atoms with Crippen LogP contribution in [0.3, 0.4) is 0 Å². The molecule has 4 rings (SSSR count). The molecule has 0 aliphatic heterocycles. The standard InChI is InChI=1S/C22H14FN5O2/c23-15-7-5-8-16(12-15)25-21(29)19-18-10-3-4-11-28(18)20(27-19)22(30)26-17-9-2-1-6-14(17)13-24/h1-12H,(H,25,29)(H,26,30). The van der Waals surface area contributed by atoms with E-state index in [4.69, 9.17) is 0 Å². The Kier molecular flexibility index (Phi) is 4.93. The molecule has 0 aliphatic carbocycles. The van der Waals surface area contributed by atoms with Gasteiger partial charge in [-0.3, -0.25) is 14.0 Å². The van der Waals surface area contributed by atoms with E-state index < -0.39 is 17.6 Å². The third kappa shape index (κ3) is 3.59. The molecule has 2 aromatic heterocycles. The normalized spacial score (nSPS) is 10.4. The van der Waals surface area contributed by atoms with Crippen LogP contribution in [-0.2, 0) is 0 Å². The number of anilines is 2. The highest BCUT2D eigenvalue weighted by Crippen LogP contribution is 2.19. The van der Waals surface area contributed by atoms with E-state index in [-0.39, 0.29) is 17.2 Å². The van der Waals surface area contributed by atoms with Gasteiger partial charge in [0.1, 0.15) is 11.9 Å². The van der Waals surface area contributed by atoms with Gasteiger partial charge in [-0.05, 0) is 42.5 Å². The molecule has 0 spiro atoms. The Morgan fingerprint density at radius 1 is 0.967 bits per heavy atom. The van der Waals surface area contributed by atoms with Crippen LogP contribution < -0.4 is 10.6 Å². The summed E-state index contributed by atoms with van der Waals surface area (Å²) in [6, 6.07) is 19.1. The van der Waals surface area contributed by atoms with Gasteiger partial charge in [-0.25, -0.2) is 9.37 Å². The molecular formula is C22H14FN5O2.